The fourth-order valence-electron chi connectivity index (χ4n) is 2.38. The molecule has 0 amide bonds. The first-order valence-electron chi connectivity index (χ1n) is 5.54. The summed E-state index contributed by atoms with van der Waals surface area (Å²) in [5.74, 6) is 0.858. The lowest BCUT2D eigenvalue weighted by Crippen LogP contribution is -2.44. The molecule has 1 spiro atoms. The lowest BCUT2D eigenvalue weighted by molar-refractivity contribution is -0.105. The van der Waals surface area contributed by atoms with Crippen molar-refractivity contribution in [3.05, 3.63) is 0 Å². The standard InChI is InChI=1S/C11H21NO/c1-3-10(2)6-12-5-4-11(7-12)8-13-9-11/h10H,3-9H2,1-2H3. The first-order chi connectivity index (χ1) is 6.24. The zero-order valence-corrected chi connectivity index (χ0v) is 8.88. The highest BCUT2D eigenvalue weighted by atomic mass is 16.5. The van der Waals surface area contributed by atoms with Crippen molar-refractivity contribution < 1.29 is 4.74 Å². The van der Waals surface area contributed by atoms with Crippen molar-refractivity contribution in [3.8, 4) is 0 Å². The summed E-state index contributed by atoms with van der Waals surface area (Å²) in [4.78, 5) is 2.62. The van der Waals surface area contributed by atoms with Crippen molar-refractivity contribution in [3.63, 3.8) is 0 Å². The monoisotopic (exact) mass is 183 g/mol. The average Bonchev–Trinajstić information content (AvgIpc) is 2.48. The Morgan fingerprint density at radius 3 is 2.69 bits per heavy atom. The van der Waals surface area contributed by atoms with Crippen molar-refractivity contribution in [2.24, 2.45) is 11.3 Å². The number of nitrogens with zero attached hydrogens (tertiary/aromatic N) is 1. The van der Waals surface area contributed by atoms with Crippen molar-refractivity contribution >= 4 is 0 Å². The minimum Gasteiger partial charge on any atom is -0.380 e. The van der Waals surface area contributed by atoms with Gasteiger partial charge >= 0.3 is 0 Å². The van der Waals surface area contributed by atoms with E-state index in [1.54, 1.807) is 0 Å². The Labute approximate surface area is 81.3 Å². The number of likely N-dealkylation sites (tertiary alicyclic amines) is 1. The first-order valence-corrected chi connectivity index (χ1v) is 5.54. The topological polar surface area (TPSA) is 12.5 Å². The molecule has 2 heteroatoms. The van der Waals surface area contributed by atoms with Gasteiger partial charge in [-0.15, -0.1) is 0 Å². The van der Waals surface area contributed by atoms with E-state index in [9.17, 15) is 0 Å². The van der Waals surface area contributed by atoms with Gasteiger partial charge in [0.25, 0.3) is 0 Å². The molecule has 2 heterocycles. The van der Waals surface area contributed by atoms with E-state index in [2.05, 4.69) is 18.7 Å². The summed E-state index contributed by atoms with van der Waals surface area (Å²) in [6, 6.07) is 0. The zero-order valence-electron chi connectivity index (χ0n) is 8.88. The molecule has 13 heavy (non-hydrogen) atoms. The van der Waals surface area contributed by atoms with Crippen LogP contribution in [0.5, 0.6) is 0 Å². The van der Waals surface area contributed by atoms with Crippen molar-refractivity contribution in [1.82, 2.24) is 4.90 Å². The molecule has 0 aromatic rings. The third kappa shape index (κ3) is 1.89. The van der Waals surface area contributed by atoms with E-state index in [-0.39, 0.29) is 0 Å². The molecule has 2 nitrogen and oxygen atoms in total. The predicted molar refractivity (Wildman–Crippen MR) is 53.8 cm³/mol. The number of rotatable bonds is 3. The second-order valence-electron chi connectivity index (χ2n) is 4.99. The highest BCUT2D eigenvalue weighted by Crippen LogP contribution is 2.37. The maximum absolute atomic E-state index is 5.31. The Hall–Kier alpha value is -0.0800. The minimum atomic E-state index is 0.577. The fraction of sp³-hybridized carbons (Fsp3) is 1.00. The third-order valence-electron chi connectivity index (χ3n) is 3.60. The fourth-order valence-corrected chi connectivity index (χ4v) is 2.38. The second-order valence-corrected chi connectivity index (χ2v) is 4.99. The molecule has 0 aliphatic carbocycles. The van der Waals surface area contributed by atoms with Crippen LogP contribution < -0.4 is 0 Å². The van der Waals surface area contributed by atoms with Gasteiger partial charge in [-0.1, -0.05) is 20.3 Å². The molecule has 2 fully saturated rings. The first kappa shape index (κ1) is 9.47. The van der Waals surface area contributed by atoms with Crippen LogP contribution in [0.25, 0.3) is 0 Å². The Morgan fingerprint density at radius 1 is 1.46 bits per heavy atom. The summed E-state index contributed by atoms with van der Waals surface area (Å²) in [5, 5.41) is 0. The van der Waals surface area contributed by atoms with Gasteiger partial charge in [0, 0.05) is 18.5 Å². The second kappa shape index (κ2) is 3.58. The van der Waals surface area contributed by atoms with Crippen LogP contribution in [0.3, 0.4) is 0 Å². The molecule has 0 N–H and O–H groups in total. The molecule has 2 rings (SSSR count). The Balaban J connectivity index is 1.78. The molecule has 0 bridgehead atoms. The van der Waals surface area contributed by atoms with E-state index in [0.717, 1.165) is 19.1 Å². The highest BCUT2D eigenvalue weighted by Gasteiger charge is 2.44. The van der Waals surface area contributed by atoms with Crippen molar-refractivity contribution in [1.29, 1.82) is 0 Å². The molecule has 1 unspecified atom stereocenters. The van der Waals surface area contributed by atoms with E-state index in [1.165, 1.54) is 32.5 Å². The third-order valence-corrected chi connectivity index (χ3v) is 3.60. The maximum atomic E-state index is 5.31. The van der Waals surface area contributed by atoms with E-state index in [1.807, 2.05) is 0 Å². The van der Waals surface area contributed by atoms with Crippen LogP contribution in [-0.2, 0) is 4.74 Å². The lowest BCUT2D eigenvalue weighted by Gasteiger charge is -2.38. The van der Waals surface area contributed by atoms with Gasteiger partial charge in [0.05, 0.1) is 13.2 Å². The smallest absolute Gasteiger partial charge is 0.0557 e. The molecule has 0 aromatic heterocycles. The molecular weight excluding hydrogens is 162 g/mol. The van der Waals surface area contributed by atoms with Crippen LogP contribution in [-0.4, -0.2) is 37.7 Å². The molecule has 0 aromatic carbocycles. The van der Waals surface area contributed by atoms with Gasteiger partial charge in [0.15, 0.2) is 0 Å². The summed E-state index contributed by atoms with van der Waals surface area (Å²) in [6.45, 7) is 10.5. The van der Waals surface area contributed by atoms with Crippen LogP contribution in [0.15, 0.2) is 0 Å². The molecule has 76 valence electrons. The number of ether oxygens (including phenoxy) is 1. The predicted octanol–water partition coefficient (Wildman–Crippen LogP) is 1.75. The van der Waals surface area contributed by atoms with Gasteiger partial charge in [-0.2, -0.15) is 0 Å². The van der Waals surface area contributed by atoms with Gasteiger partial charge in [0.1, 0.15) is 0 Å². The van der Waals surface area contributed by atoms with Crippen LogP contribution in [0.4, 0.5) is 0 Å². The number of hydrogen-bond donors (Lipinski definition) is 0. The largest absolute Gasteiger partial charge is 0.380 e. The zero-order chi connectivity index (χ0) is 9.31. The molecule has 0 saturated carbocycles. The summed E-state index contributed by atoms with van der Waals surface area (Å²) in [5.41, 5.74) is 0.577. The normalized spacial score (nSPS) is 29.1. The van der Waals surface area contributed by atoms with E-state index >= 15 is 0 Å². The van der Waals surface area contributed by atoms with Gasteiger partial charge in [-0.05, 0) is 18.9 Å². The van der Waals surface area contributed by atoms with E-state index in [4.69, 9.17) is 4.74 Å². The summed E-state index contributed by atoms with van der Waals surface area (Å²) < 4.78 is 5.31. The van der Waals surface area contributed by atoms with Crippen LogP contribution in [0.2, 0.25) is 0 Å². The molecular formula is C11H21NO. The Bertz CT molecular complexity index is 177. The summed E-state index contributed by atoms with van der Waals surface area (Å²) in [6.07, 6.45) is 2.67. The van der Waals surface area contributed by atoms with Gasteiger partial charge in [-0.3, -0.25) is 0 Å². The minimum absolute atomic E-state index is 0.577. The molecule has 2 saturated heterocycles. The SMILES string of the molecule is CCC(C)CN1CCC2(COC2)C1. The molecule has 0 radical (unpaired) electrons. The summed E-state index contributed by atoms with van der Waals surface area (Å²) in [7, 11) is 0. The van der Waals surface area contributed by atoms with Crippen LogP contribution in [0.1, 0.15) is 26.7 Å². The molecule has 2 aliphatic heterocycles. The van der Waals surface area contributed by atoms with Crippen LogP contribution in [0, 0.1) is 11.3 Å². The molecule has 1 atom stereocenters. The number of hydrogen-bond acceptors (Lipinski definition) is 2. The van der Waals surface area contributed by atoms with Gasteiger partial charge in [0.2, 0.25) is 0 Å². The van der Waals surface area contributed by atoms with Crippen molar-refractivity contribution in [2.45, 2.75) is 26.7 Å². The summed E-state index contributed by atoms with van der Waals surface area (Å²) >= 11 is 0. The quantitative estimate of drug-likeness (QED) is 0.661. The van der Waals surface area contributed by atoms with E-state index in [0.29, 0.717) is 5.41 Å². The van der Waals surface area contributed by atoms with Gasteiger partial charge < -0.3 is 9.64 Å². The maximum Gasteiger partial charge on any atom is 0.0557 e. The highest BCUT2D eigenvalue weighted by molar-refractivity contribution is 4.94. The van der Waals surface area contributed by atoms with Crippen LogP contribution >= 0.6 is 0 Å². The lowest BCUT2D eigenvalue weighted by atomic mass is 9.85. The molecule has 2 aliphatic rings. The Morgan fingerprint density at radius 2 is 2.23 bits per heavy atom. The van der Waals surface area contributed by atoms with Gasteiger partial charge in [-0.25, -0.2) is 0 Å². The van der Waals surface area contributed by atoms with E-state index < -0.39 is 0 Å². The average molecular weight is 183 g/mol. The van der Waals surface area contributed by atoms with Crippen molar-refractivity contribution in [2.75, 3.05) is 32.8 Å². The Kier molecular flexibility index (Phi) is 2.61.